The van der Waals surface area contributed by atoms with Crippen LogP contribution in [0.1, 0.15) is 234 Å². The quantitative estimate of drug-likeness (QED) is 0.0224. The van der Waals surface area contributed by atoms with Gasteiger partial charge in [-0.15, -0.1) is 0 Å². The molecule has 1 N–H and O–H groups in total. The predicted octanol–water partition coefficient (Wildman–Crippen LogP) is 14.6. The van der Waals surface area contributed by atoms with Gasteiger partial charge >= 0.3 is 5.97 Å². The second kappa shape index (κ2) is 33.1. The van der Waals surface area contributed by atoms with Crippen LogP contribution in [0.4, 0.5) is 0 Å². The maximum atomic E-state index is 12.8. The molecule has 5 atom stereocenters. The van der Waals surface area contributed by atoms with Crippen LogP contribution in [0, 0.1) is 11.8 Å². The highest BCUT2D eigenvalue weighted by Gasteiger charge is 2.76. The number of ether oxygens (including phenoxy) is 1. The minimum atomic E-state index is -0.00340. The predicted molar refractivity (Wildman–Crippen MR) is 232 cm³/mol. The zero-order valence-corrected chi connectivity index (χ0v) is 36.8. The van der Waals surface area contributed by atoms with E-state index >= 15 is 0 Å². The number of carbonyl (C=O) groups excluding carboxylic acids is 1. The number of nitrogens with zero attached hydrogens (tertiary/aromatic N) is 1. The van der Waals surface area contributed by atoms with Gasteiger partial charge in [0.25, 0.3) is 0 Å². The average Bonchev–Trinajstić information content (AvgIpc) is 3.66. The van der Waals surface area contributed by atoms with Gasteiger partial charge in [0, 0.05) is 25.4 Å². The molecule has 1 rings (SSSR count). The van der Waals surface area contributed by atoms with Crippen LogP contribution in [0.2, 0.25) is 0 Å². The molecule has 1 aliphatic rings. The normalized spacial score (nSPS) is 21.2. The minimum Gasteiger partial charge on any atom is -0.460 e. The van der Waals surface area contributed by atoms with E-state index in [1.54, 1.807) is 0 Å². The van der Waals surface area contributed by atoms with Crippen LogP contribution >= 0.6 is 0 Å². The van der Waals surface area contributed by atoms with Crippen molar-refractivity contribution in [2.45, 2.75) is 246 Å². The third kappa shape index (κ3) is 21.1. The van der Waals surface area contributed by atoms with Crippen LogP contribution in [-0.4, -0.2) is 53.4 Å². The summed E-state index contributed by atoms with van der Waals surface area (Å²) in [4.78, 5) is 12.8. The van der Waals surface area contributed by atoms with E-state index in [1.165, 1.54) is 161 Å². The molecular weight excluding hydrogens is 651 g/mol. The molecule has 1 saturated heterocycles. The first-order valence-corrected chi connectivity index (χ1v) is 23.8. The standard InChI is InChI=1S/C49H94NO3/c1-7-10-12-14-16-18-20-22-24-26-28-30-32-34-36-38-47-49(6,46(5)45(4)40-43-51)50(47,41-9-3)42-44-53-48(52)39-37-35-33-31-29-27-25-23-21-19-17-15-13-11-8-2/h22-25,45-47,51H,7-21,26-44H2,1-6H3/q+1. The molecule has 0 aliphatic carbocycles. The van der Waals surface area contributed by atoms with E-state index in [0.717, 1.165) is 43.3 Å². The molecule has 312 valence electrons. The molecular formula is C49H94NO3+. The molecule has 0 aromatic rings. The Morgan fingerprint density at radius 3 is 1.51 bits per heavy atom. The van der Waals surface area contributed by atoms with Crippen molar-refractivity contribution in [2.24, 2.45) is 11.8 Å². The van der Waals surface area contributed by atoms with Crippen molar-refractivity contribution in [3.05, 3.63) is 24.3 Å². The van der Waals surface area contributed by atoms with Gasteiger partial charge in [0.1, 0.15) is 19.2 Å². The Bertz CT molecular complexity index is 900. The van der Waals surface area contributed by atoms with Gasteiger partial charge in [-0.1, -0.05) is 162 Å². The average molecular weight is 745 g/mol. The summed E-state index contributed by atoms with van der Waals surface area (Å²) >= 11 is 0. The number of unbranched alkanes of at least 4 members (excludes halogenated alkanes) is 22. The summed E-state index contributed by atoms with van der Waals surface area (Å²) in [6, 6.07) is 0.632. The van der Waals surface area contributed by atoms with Crippen molar-refractivity contribution < 1.29 is 19.1 Å². The number of carbonyl (C=O) groups is 1. The van der Waals surface area contributed by atoms with Gasteiger partial charge in [-0.25, -0.2) is 0 Å². The zero-order valence-electron chi connectivity index (χ0n) is 36.8. The number of aliphatic hydroxyl groups is 1. The first-order valence-electron chi connectivity index (χ1n) is 23.8. The Hall–Kier alpha value is -1.13. The monoisotopic (exact) mass is 745 g/mol. The highest BCUT2D eigenvalue weighted by Crippen LogP contribution is 2.59. The van der Waals surface area contributed by atoms with E-state index < -0.39 is 0 Å². The van der Waals surface area contributed by atoms with Crippen LogP contribution in [-0.2, 0) is 9.53 Å². The molecule has 0 amide bonds. The molecule has 4 nitrogen and oxygen atoms in total. The lowest BCUT2D eigenvalue weighted by Gasteiger charge is -2.31. The first kappa shape index (κ1) is 49.9. The second-order valence-electron chi connectivity index (χ2n) is 17.4. The summed E-state index contributed by atoms with van der Waals surface area (Å²) in [6.07, 6.45) is 47.4. The fourth-order valence-electron chi connectivity index (χ4n) is 9.52. The highest BCUT2D eigenvalue weighted by atomic mass is 16.5. The summed E-state index contributed by atoms with van der Waals surface area (Å²) in [5, 5.41) is 9.76. The number of aliphatic hydroxyl groups excluding tert-OH is 1. The third-order valence-electron chi connectivity index (χ3n) is 13.3. The van der Waals surface area contributed by atoms with E-state index in [9.17, 15) is 9.90 Å². The topological polar surface area (TPSA) is 46.5 Å². The zero-order chi connectivity index (χ0) is 38.9. The summed E-state index contributed by atoms with van der Waals surface area (Å²) in [7, 11) is 0. The summed E-state index contributed by atoms with van der Waals surface area (Å²) in [6.45, 7) is 17.1. The summed E-state index contributed by atoms with van der Waals surface area (Å²) in [5.41, 5.74) is 0.196. The Labute approximate surface area is 332 Å². The van der Waals surface area contributed by atoms with Gasteiger partial charge < -0.3 is 14.3 Å². The number of esters is 1. The molecule has 0 aromatic heterocycles. The van der Waals surface area contributed by atoms with Crippen molar-refractivity contribution in [3.8, 4) is 0 Å². The molecule has 53 heavy (non-hydrogen) atoms. The van der Waals surface area contributed by atoms with Gasteiger partial charge in [0.05, 0.1) is 6.54 Å². The van der Waals surface area contributed by atoms with Gasteiger partial charge in [0.15, 0.2) is 5.54 Å². The van der Waals surface area contributed by atoms with Crippen molar-refractivity contribution in [1.29, 1.82) is 0 Å². The number of hydrogen-bond donors (Lipinski definition) is 1. The smallest absolute Gasteiger partial charge is 0.305 e. The highest BCUT2D eigenvalue weighted by molar-refractivity contribution is 5.69. The van der Waals surface area contributed by atoms with Crippen LogP contribution in [0.25, 0.3) is 0 Å². The summed E-state index contributed by atoms with van der Waals surface area (Å²) in [5.74, 6) is 1.01. The first-order chi connectivity index (χ1) is 25.8. The second-order valence-corrected chi connectivity index (χ2v) is 17.4. The van der Waals surface area contributed by atoms with Gasteiger partial charge in [-0.3, -0.25) is 4.79 Å². The molecule has 0 aromatic carbocycles. The lowest BCUT2D eigenvalue weighted by molar-refractivity contribution is -0.844. The largest absolute Gasteiger partial charge is 0.460 e. The number of quaternary nitrogens is 1. The van der Waals surface area contributed by atoms with Crippen LogP contribution in [0.3, 0.4) is 0 Å². The summed E-state index contributed by atoms with van der Waals surface area (Å²) < 4.78 is 7.04. The molecule has 0 radical (unpaired) electrons. The van der Waals surface area contributed by atoms with E-state index in [1.807, 2.05) is 0 Å². The molecule has 1 aliphatic heterocycles. The van der Waals surface area contributed by atoms with E-state index in [2.05, 4.69) is 65.8 Å². The SMILES string of the molecule is CCCCCCCCC=CCCCCCCCC(=O)OCC[N+]1(CCC)C(CCCCCCCC=CCCCCCCCC)C1(C)C(C)C(C)CCO. The molecule has 0 bridgehead atoms. The van der Waals surface area contributed by atoms with Gasteiger partial charge in [-0.05, 0) is 89.9 Å². The maximum absolute atomic E-state index is 12.8. The number of hydrogen-bond acceptors (Lipinski definition) is 3. The van der Waals surface area contributed by atoms with Crippen molar-refractivity contribution in [2.75, 3.05) is 26.3 Å². The third-order valence-corrected chi connectivity index (χ3v) is 13.3. The molecule has 5 unspecified atom stereocenters. The lowest BCUT2D eigenvalue weighted by atomic mass is 9.79. The molecule has 1 heterocycles. The van der Waals surface area contributed by atoms with Crippen LogP contribution in [0.15, 0.2) is 24.3 Å². The van der Waals surface area contributed by atoms with Gasteiger partial charge in [0.2, 0.25) is 0 Å². The van der Waals surface area contributed by atoms with Crippen LogP contribution in [0.5, 0.6) is 0 Å². The molecule has 0 spiro atoms. The van der Waals surface area contributed by atoms with Crippen LogP contribution < -0.4 is 0 Å². The number of rotatable bonds is 39. The van der Waals surface area contributed by atoms with E-state index in [-0.39, 0.29) is 18.1 Å². The lowest BCUT2D eigenvalue weighted by Crippen LogP contribution is -2.43. The Morgan fingerprint density at radius 2 is 1.06 bits per heavy atom. The molecule has 4 heteroatoms. The van der Waals surface area contributed by atoms with E-state index in [0.29, 0.717) is 30.9 Å². The Morgan fingerprint density at radius 1 is 0.623 bits per heavy atom. The molecule has 1 fully saturated rings. The van der Waals surface area contributed by atoms with Gasteiger partial charge in [-0.2, -0.15) is 0 Å². The molecule has 0 saturated carbocycles. The van der Waals surface area contributed by atoms with Crippen molar-refractivity contribution >= 4 is 5.97 Å². The van der Waals surface area contributed by atoms with Crippen molar-refractivity contribution in [1.82, 2.24) is 0 Å². The fraction of sp³-hybridized carbons (Fsp3) is 0.898. The Balaban J connectivity index is 2.38. The Kier molecular flexibility index (Phi) is 31.1. The minimum absolute atomic E-state index is 0.00340. The van der Waals surface area contributed by atoms with Crippen molar-refractivity contribution in [3.63, 3.8) is 0 Å². The van der Waals surface area contributed by atoms with E-state index in [4.69, 9.17) is 4.74 Å². The maximum Gasteiger partial charge on any atom is 0.305 e. The number of allylic oxidation sites excluding steroid dienone is 4. The fourth-order valence-corrected chi connectivity index (χ4v) is 9.52.